The summed E-state index contributed by atoms with van der Waals surface area (Å²) < 4.78 is 52.1. The third-order valence-corrected chi connectivity index (χ3v) is 4.02. The fourth-order valence-electron chi connectivity index (χ4n) is 1.62. The number of H-pyrrole nitrogens is 1. The number of anilines is 1. The molecule has 2 aromatic rings. The summed E-state index contributed by atoms with van der Waals surface area (Å²) in [5.74, 6) is -2.27. The summed E-state index contributed by atoms with van der Waals surface area (Å²) in [6, 6.07) is 1.82. The maximum absolute atomic E-state index is 13.3. The third kappa shape index (κ3) is 2.55. The molecule has 102 valence electrons. The minimum atomic E-state index is -4.01. The Kier molecular flexibility index (Phi) is 3.23. The molecule has 2 aromatic heterocycles. The normalized spacial score (nSPS) is 11.6. The van der Waals surface area contributed by atoms with E-state index < -0.39 is 27.6 Å². The molecule has 2 rings (SSSR count). The predicted octanol–water partition coefficient (Wildman–Crippen LogP) is 1.50. The topological polar surface area (TPSA) is 87.7 Å². The van der Waals surface area contributed by atoms with Crippen LogP contribution in [0.2, 0.25) is 0 Å². The van der Waals surface area contributed by atoms with Crippen molar-refractivity contribution in [3.63, 3.8) is 0 Å². The monoisotopic (exact) mass is 288 g/mol. The van der Waals surface area contributed by atoms with E-state index in [4.69, 9.17) is 0 Å². The summed E-state index contributed by atoms with van der Waals surface area (Å²) in [5, 5.41) is 6.26. The highest BCUT2D eigenvalue weighted by Gasteiger charge is 2.23. The van der Waals surface area contributed by atoms with Gasteiger partial charge in [-0.2, -0.15) is 18.9 Å². The molecule has 0 bridgehead atoms. The smallest absolute Gasteiger partial charge is 0.265 e. The maximum Gasteiger partial charge on any atom is 0.265 e. The second kappa shape index (κ2) is 4.57. The number of aryl methyl sites for hydroxylation is 2. The lowest BCUT2D eigenvalue weighted by Gasteiger charge is -2.08. The van der Waals surface area contributed by atoms with Crippen molar-refractivity contribution in [1.29, 1.82) is 0 Å². The molecular formula is C10H10F2N4O2S. The molecule has 0 aliphatic rings. The summed E-state index contributed by atoms with van der Waals surface area (Å²) in [7, 11) is -4.01. The molecule has 0 spiro atoms. The lowest BCUT2D eigenvalue weighted by atomic mass is 10.4. The van der Waals surface area contributed by atoms with E-state index in [-0.39, 0.29) is 10.6 Å². The van der Waals surface area contributed by atoms with Crippen LogP contribution in [0.5, 0.6) is 0 Å². The Hall–Kier alpha value is -2.03. The summed E-state index contributed by atoms with van der Waals surface area (Å²) in [6.07, 6.45) is 0. The van der Waals surface area contributed by atoms with Crippen molar-refractivity contribution in [3.8, 4) is 0 Å². The number of aromatic nitrogens is 3. The second-order valence-electron chi connectivity index (χ2n) is 3.84. The zero-order chi connectivity index (χ0) is 14.2. The number of halogens is 2. The van der Waals surface area contributed by atoms with E-state index in [0.717, 1.165) is 12.1 Å². The van der Waals surface area contributed by atoms with Crippen LogP contribution in [0.4, 0.5) is 14.5 Å². The quantitative estimate of drug-likeness (QED) is 0.838. The lowest BCUT2D eigenvalue weighted by Crippen LogP contribution is -2.16. The molecule has 0 aliphatic heterocycles. The summed E-state index contributed by atoms with van der Waals surface area (Å²) >= 11 is 0. The van der Waals surface area contributed by atoms with E-state index in [9.17, 15) is 17.2 Å². The van der Waals surface area contributed by atoms with Crippen LogP contribution in [0.15, 0.2) is 17.0 Å². The van der Waals surface area contributed by atoms with E-state index in [1.807, 2.05) is 4.72 Å². The van der Waals surface area contributed by atoms with Crippen molar-refractivity contribution in [2.45, 2.75) is 18.7 Å². The van der Waals surface area contributed by atoms with Gasteiger partial charge in [0.2, 0.25) is 11.9 Å². The van der Waals surface area contributed by atoms with Crippen LogP contribution < -0.4 is 4.72 Å². The van der Waals surface area contributed by atoms with Gasteiger partial charge in [0.1, 0.15) is 10.6 Å². The molecule has 0 saturated heterocycles. The van der Waals surface area contributed by atoms with Gasteiger partial charge >= 0.3 is 0 Å². The Bertz CT molecular complexity index is 708. The zero-order valence-corrected chi connectivity index (χ0v) is 10.8. The van der Waals surface area contributed by atoms with Crippen molar-refractivity contribution >= 4 is 15.7 Å². The first-order chi connectivity index (χ1) is 8.81. The van der Waals surface area contributed by atoms with Crippen molar-refractivity contribution in [2.75, 3.05) is 4.72 Å². The summed E-state index contributed by atoms with van der Waals surface area (Å²) in [5.41, 5.74) is 0.141. The van der Waals surface area contributed by atoms with Gasteiger partial charge < -0.3 is 0 Å². The first kappa shape index (κ1) is 13.4. The molecule has 9 heteroatoms. The molecule has 0 amide bonds. The standard InChI is InChI=1S/C10H10F2N4O2S/c1-5-9(6(2)15-14-5)19(17,18)16-7-3-4-8(11)13-10(7)12/h3-4,16H,1-2H3,(H,14,15). The van der Waals surface area contributed by atoms with Crippen molar-refractivity contribution in [3.05, 3.63) is 35.4 Å². The van der Waals surface area contributed by atoms with E-state index in [1.54, 1.807) is 0 Å². The van der Waals surface area contributed by atoms with Gasteiger partial charge in [0.25, 0.3) is 10.0 Å². The van der Waals surface area contributed by atoms with Crippen LogP contribution in [0.3, 0.4) is 0 Å². The number of rotatable bonds is 3. The Morgan fingerprint density at radius 2 is 1.95 bits per heavy atom. The molecule has 0 radical (unpaired) electrons. The van der Waals surface area contributed by atoms with Gasteiger partial charge in [-0.3, -0.25) is 9.82 Å². The molecule has 2 heterocycles. The number of nitrogens with zero attached hydrogens (tertiary/aromatic N) is 2. The minimum Gasteiger partial charge on any atom is -0.281 e. The molecule has 6 nitrogen and oxygen atoms in total. The Labute approximate surface area is 107 Å². The molecular weight excluding hydrogens is 278 g/mol. The van der Waals surface area contributed by atoms with Crippen LogP contribution in [-0.2, 0) is 10.0 Å². The molecule has 0 fully saturated rings. The average molecular weight is 288 g/mol. The highest BCUT2D eigenvalue weighted by Crippen LogP contribution is 2.21. The van der Waals surface area contributed by atoms with Gasteiger partial charge in [-0.1, -0.05) is 0 Å². The molecule has 2 N–H and O–H groups in total. The Balaban J connectivity index is 2.42. The number of nitrogens with one attached hydrogen (secondary N) is 2. The molecule has 0 saturated carbocycles. The Morgan fingerprint density at radius 3 is 2.47 bits per heavy atom. The van der Waals surface area contributed by atoms with Crippen LogP contribution in [0.1, 0.15) is 11.4 Å². The molecule has 0 unspecified atom stereocenters. The highest BCUT2D eigenvalue weighted by atomic mass is 32.2. The van der Waals surface area contributed by atoms with Crippen LogP contribution >= 0.6 is 0 Å². The highest BCUT2D eigenvalue weighted by molar-refractivity contribution is 7.92. The zero-order valence-electron chi connectivity index (χ0n) is 10.0. The maximum atomic E-state index is 13.3. The number of pyridine rings is 1. The predicted molar refractivity (Wildman–Crippen MR) is 63.0 cm³/mol. The molecule has 19 heavy (non-hydrogen) atoms. The average Bonchev–Trinajstić information content (AvgIpc) is 2.63. The van der Waals surface area contributed by atoms with Crippen LogP contribution in [0.25, 0.3) is 0 Å². The van der Waals surface area contributed by atoms with Crippen molar-refractivity contribution < 1.29 is 17.2 Å². The molecule has 0 atom stereocenters. The summed E-state index contributed by atoms with van der Waals surface area (Å²) in [4.78, 5) is 2.83. The molecule has 0 aromatic carbocycles. The van der Waals surface area contributed by atoms with Gasteiger partial charge in [0.05, 0.1) is 11.4 Å². The van der Waals surface area contributed by atoms with Gasteiger partial charge in [0, 0.05) is 0 Å². The summed E-state index contributed by atoms with van der Waals surface area (Å²) in [6.45, 7) is 3.02. The van der Waals surface area contributed by atoms with E-state index in [2.05, 4.69) is 15.2 Å². The Morgan fingerprint density at radius 1 is 1.26 bits per heavy atom. The number of sulfonamides is 1. The van der Waals surface area contributed by atoms with Gasteiger partial charge in [-0.15, -0.1) is 0 Å². The third-order valence-electron chi connectivity index (χ3n) is 2.39. The van der Waals surface area contributed by atoms with Crippen LogP contribution in [0, 0.1) is 25.7 Å². The number of hydrogen-bond donors (Lipinski definition) is 2. The van der Waals surface area contributed by atoms with Gasteiger partial charge in [-0.05, 0) is 26.0 Å². The fourth-order valence-corrected chi connectivity index (χ4v) is 3.05. The van der Waals surface area contributed by atoms with E-state index >= 15 is 0 Å². The van der Waals surface area contributed by atoms with E-state index in [1.165, 1.54) is 13.8 Å². The number of aromatic amines is 1. The van der Waals surface area contributed by atoms with E-state index in [0.29, 0.717) is 5.69 Å². The fraction of sp³-hybridized carbons (Fsp3) is 0.200. The van der Waals surface area contributed by atoms with Gasteiger partial charge in [-0.25, -0.2) is 8.42 Å². The first-order valence-corrected chi connectivity index (χ1v) is 6.66. The molecule has 0 aliphatic carbocycles. The second-order valence-corrected chi connectivity index (χ2v) is 5.46. The number of hydrogen-bond acceptors (Lipinski definition) is 4. The SMILES string of the molecule is Cc1n[nH]c(C)c1S(=O)(=O)Nc1ccc(F)nc1F. The van der Waals surface area contributed by atoms with Crippen molar-refractivity contribution in [1.82, 2.24) is 15.2 Å². The van der Waals surface area contributed by atoms with Crippen molar-refractivity contribution in [2.24, 2.45) is 0 Å². The largest absolute Gasteiger partial charge is 0.281 e. The first-order valence-electron chi connectivity index (χ1n) is 5.17. The lowest BCUT2D eigenvalue weighted by molar-refractivity contribution is 0.515. The minimum absolute atomic E-state index is 0.0729. The van der Waals surface area contributed by atoms with Gasteiger partial charge in [0.15, 0.2) is 0 Å². The van der Waals surface area contributed by atoms with Crippen LogP contribution in [-0.4, -0.2) is 23.6 Å².